The van der Waals surface area contributed by atoms with Crippen LogP contribution in [0.4, 0.5) is 34.1 Å². The first kappa shape index (κ1) is 72.0. The molecule has 0 aliphatic heterocycles. The van der Waals surface area contributed by atoms with E-state index >= 15 is 0 Å². The van der Waals surface area contributed by atoms with Crippen molar-refractivity contribution in [2.24, 2.45) is 0 Å². The van der Waals surface area contributed by atoms with Gasteiger partial charge in [0.1, 0.15) is 0 Å². The van der Waals surface area contributed by atoms with Gasteiger partial charge >= 0.3 is 0 Å². The Kier molecular flexibility index (Phi) is 18.9. The highest BCUT2D eigenvalue weighted by atomic mass is 14.9. The Balaban J connectivity index is 0.000000117. The highest BCUT2D eigenvalue weighted by Crippen LogP contribution is 2.61. The van der Waals surface area contributed by atoms with Gasteiger partial charge in [-0.1, -0.05) is 449 Å². The summed E-state index contributed by atoms with van der Waals surface area (Å²) in [6.45, 7) is 0. The van der Waals surface area contributed by atoms with Crippen LogP contribution in [0.15, 0.2) is 522 Å². The molecule has 0 saturated carbocycles. The number of hydrogen-bond donors (Lipinski definition) is 3. The number of benzene rings is 21. The third kappa shape index (κ3) is 13.7. The van der Waals surface area contributed by atoms with Gasteiger partial charge in [0.15, 0.2) is 0 Å². The van der Waals surface area contributed by atoms with E-state index in [1.165, 1.54) is 144 Å². The van der Waals surface area contributed by atoms with Gasteiger partial charge < -0.3 is 16.0 Å². The molecule has 21 aromatic rings. The molecule has 3 nitrogen and oxygen atoms in total. The summed E-state index contributed by atoms with van der Waals surface area (Å²) >= 11 is 0. The van der Waals surface area contributed by atoms with E-state index in [1.54, 1.807) is 6.07 Å². The molecule has 128 heavy (non-hydrogen) atoms. The van der Waals surface area contributed by atoms with Crippen molar-refractivity contribution in [1.82, 2.24) is 0 Å². The largest absolute Gasteiger partial charge is 0.355 e. The fourth-order valence-electron chi connectivity index (χ4n) is 20.5. The molecule has 2 unspecified atom stereocenters. The lowest BCUT2D eigenvalue weighted by Crippen LogP contribution is -2.28. The fraction of sp³-hybridized carbons (Fsp3) is 0.0240. The molecule has 0 amide bonds. The van der Waals surface area contributed by atoms with Crippen molar-refractivity contribution in [2.45, 2.75) is 16.2 Å². The zero-order valence-corrected chi connectivity index (χ0v) is 70.3. The minimum Gasteiger partial charge on any atom is -0.355 e. The summed E-state index contributed by atoms with van der Waals surface area (Å²) in [7, 11) is 0. The summed E-state index contributed by atoms with van der Waals surface area (Å²) in [5.41, 5.74) is 34.9. The van der Waals surface area contributed by atoms with E-state index in [0.717, 1.165) is 45.3 Å². The van der Waals surface area contributed by atoms with Gasteiger partial charge in [0.2, 0.25) is 0 Å². The first-order valence-corrected chi connectivity index (χ1v) is 43.8. The molecule has 0 spiro atoms. The van der Waals surface area contributed by atoms with Gasteiger partial charge in [-0.25, -0.2) is 0 Å². The van der Waals surface area contributed by atoms with Crippen LogP contribution in [0.3, 0.4) is 0 Å². The van der Waals surface area contributed by atoms with E-state index in [4.69, 9.17) is 6.85 Å². The van der Waals surface area contributed by atoms with Gasteiger partial charge in [-0.2, -0.15) is 0 Å². The van der Waals surface area contributed by atoms with Crippen LogP contribution in [-0.2, 0) is 16.2 Å². The minimum absolute atomic E-state index is 0.189. The summed E-state index contributed by atoms with van der Waals surface area (Å²) < 4.78 is 41.4. The van der Waals surface area contributed by atoms with E-state index in [2.05, 4.69) is 459 Å². The second kappa shape index (κ2) is 33.6. The Morgan fingerprint density at radius 1 is 0.156 bits per heavy atom. The highest BCUT2D eigenvalue weighted by molar-refractivity contribution is 5.96. The van der Waals surface area contributed by atoms with Crippen molar-refractivity contribution in [3.05, 3.63) is 588 Å². The summed E-state index contributed by atoms with van der Waals surface area (Å²) in [4.78, 5) is 0. The molecule has 0 radical (unpaired) electrons. The summed E-state index contributed by atoms with van der Waals surface area (Å²) in [6, 6.07) is 174. The first-order valence-electron chi connectivity index (χ1n) is 46.3. The van der Waals surface area contributed by atoms with Crippen molar-refractivity contribution in [3.8, 4) is 77.9 Å². The minimum atomic E-state index is -0.510. The number of para-hydroxylation sites is 3. The smallest absolute Gasteiger partial charge is 0.0714 e. The average molecular weight is 1640 g/mol. The highest BCUT2D eigenvalue weighted by Gasteiger charge is 2.49. The molecular formula is C125H89N3. The molecule has 3 heteroatoms. The van der Waals surface area contributed by atoms with Crippen molar-refractivity contribution < 1.29 is 6.85 Å². The van der Waals surface area contributed by atoms with Crippen molar-refractivity contribution in [1.29, 1.82) is 0 Å². The molecule has 24 rings (SSSR count). The predicted octanol–water partition coefficient (Wildman–Crippen LogP) is 32.4. The third-order valence-corrected chi connectivity index (χ3v) is 26.1. The molecule has 0 heterocycles. The number of anilines is 6. The zero-order chi connectivity index (χ0) is 89.6. The molecule has 0 bridgehead atoms. The van der Waals surface area contributed by atoms with Gasteiger partial charge in [0.05, 0.1) is 23.1 Å². The monoisotopic (exact) mass is 1640 g/mol. The Bertz CT molecular complexity index is 7920. The summed E-state index contributed by atoms with van der Waals surface area (Å²) in [6.07, 6.45) is 0. The summed E-state index contributed by atoms with van der Waals surface area (Å²) in [5.74, 6) is 0. The van der Waals surface area contributed by atoms with Crippen LogP contribution in [0.25, 0.3) is 99.4 Å². The van der Waals surface area contributed by atoms with E-state index in [1.807, 2.05) is 42.5 Å². The fourth-order valence-corrected chi connectivity index (χ4v) is 20.5. The first-order chi connectivity index (χ1) is 65.5. The molecule has 21 aromatic carbocycles. The van der Waals surface area contributed by atoms with Gasteiger partial charge in [0, 0.05) is 50.8 Å². The lowest BCUT2D eigenvalue weighted by atomic mass is 9.67. The summed E-state index contributed by atoms with van der Waals surface area (Å²) in [5, 5.41) is 16.3. The van der Waals surface area contributed by atoms with Crippen LogP contribution in [0, 0.1) is 0 Å². The average Bonchev–Trinajstić information content (AvgIpc) is 1.55. The van der Waals surface area contributed by atoms with Crippen molar-refractivity contribution in [3.63, 3.8) is 0 Å². The predicted molar refractivity (Wildman–Crippen MR) is 537 cm³/mol. The molecular weight excluding hydrogens is 1540 g/mol. The lowest BCUT2D eigenvalue weighted by Gasteiger charge is -2.34. The molecule has 0 fully saturated rings. The maximum Gasteiger partial charge on any atom is 0.0714 e. The molecule has 2 atom stereocenters. The second-order valence-corrected chi connectivity index (χ2v) is 33.1. The van der Waals surface area contributed by atoms with Crippen LogP contribution in [0.5, 0.6) is 0 Å². The van der Waals surface area contributed by atoms with E-state index in [0.29, 0.717) is 5.56 Å². The maximum absolute atomic E-state index is 8.52. The quantitative estimate of drug-likeness (QED) is 0.0902. The van der Waals surface area contributed by atoms with Crippen molar-refractivity contribution in [2.75, 3.05) is 16.0 Å². The number of fused-ring (bicyclic) bond motifs is 11. The van der Waals surface area contributed by atoms with E-state index < -0.39 is 22.3 Å². The Labute approximate surface area is 756 Å². The van der Waals surface area contributed by atoms with Crippen LogP contribution in [0.1, 0.15) is 73.6 Å². The number of rotatable bonds is 16. The molecule has 0 saturated heterocycles. The van der Waals surface area contributed by atoms with Crippen molar-refractivity contribution >= 4 is 55.7 Å². The van der Waals surface area contributed by atoms with Crippen LogP contribution in [0.2, 0.25) is 0 Å². The standard InChI is InChI=1S/C43H31N.2C41H29N/c1-4-15-31(16-5-1)32-17-14-18-33(29-32)37-23-11-13-26-42(37)44-36-27-28-39-38-24-10-12-25-40(38)43(41(39)30-36,34-19-6-2-7-20-34)35-21-8-3-9-22-35;1-3-14-30(15-4-1)35-19-10-12-22-40(35)42-34-25-26-39-37(28-34)36-20-9-11-21-38(36)41(39,32-17-5-2-6-18-32)33-24-23-29-13-7-8-16-31(29)27-33;1-3-14-30(15-4-1)35-19-10-12-22-40(35)42-34-25-26-37-36-20-9-11-21-38(36)41(39(37)28-34,32-17-5-2-6-18-32)33-24-23-29-13-7-8-16-31(29)27-33/h1-30,44H;2*1-28,42H/i1D,4D,5D,15D,16D;;. The Hall–Kier alpha value is -16.5. The second-order valence-electron chi connectivity index (χ2n) is 33.1. The molecule has 0 aromatic heterocycles. The zero-order valence-electron chi connectivity index (χ0n) is 75.3. The maximum atomic E-state index is 8.52. The number of hydrogen-bond acceptors (Lipinski definition) is 3. The Morgan fingerprint density at radius 2 is 0.453 bits per heavy atom. The van der Waals surface area contributed by atoms with Gasteiger partial charge in [-0.3, -0.25) is 0 Å². The lowest BCUT2D eigenvalue weighted by molar-refractivity contribution is 0.769. The van der Waals surface area contributed by atoms with Gasteiger partial charge in [-0.05, 0) is 222 Å². The van der Waals surface area contributed by atoms with E-state index in [-0.39, 0.29) is 29.7 Å². The third-order valence-electron chi connectivity index (χ3n) is 26.1. The Morgan fingerprint density at radius 3 is 0.883 bits per heavy atom. The molecule has 604 valence electrons. The van der Waals surface area contributed by atoms with Gasteiger partial charge in [0.25, 0.3) is 0 Å². The number of nitrogens with one attached hydrogen (secondary N) is 3. The van der Waals surface area contributed by atoms with E-state index in [9.17, 15) is 0 Å². The van der Waals surface area contributed by atoms with Crippen LogP contribution >= 0.6 is 0 Å². The molecule has 3 aliphatic rings. The molecule has 3 aliphatic carbocycles. The SMILES string of the molecule is [2H]c1c([2H])c([2H])c(-c2cccc(-c3ccccc3Nc3ccc4c(c3)C(c3ccccc3)(c3ccccc3)c3ccccc3-4)c2)c([2H])c1[2H].c1ccc(-c2ccccc2Nc2ccc3c(c2)-c2ccccc2C3(c2ccccc2)c2ccc3ccccc3c2)cc1.c1ccc(-c2ccccc2Nc2ccc3c(c2)C(c2ccccc2)(c2ccc4ccccc4c2)c2ccccc2-3)cc1. The molecule has 3 N–H and O–H groups in total. The van der Waals surface area contributed by atoms with Crippen LogP contribution < -0.4 is 16.0 Å². The van der Waals surface area contributed by atoms with Crippen LogP contribution in [-0.4, -0.2) is 0 Å². The topological polar surface area (TPSA) is 36.1 Å². The normalized spacial score (nSPS) is 14.9. The van der Waals surface area contributed by atoms with Gasteiger partial charge in [-0.15, -0.1) is 0 Å².